The van der Waals surface area contributed by atoms with Crippen LogP contribution in [0, 0.1) is 5.92 Å². The van der Waals surface area contributed by atoms with Gasteiger partial charge in [0.05, 0.1) is 10.9 Å². The van der Waals surface area contributed by atoms with E-state index in [-0.39, 0.29) is 0 Å². The molecule has 108 valence electrons. The third kappa shape index (κ3) is 3.70. The van der Waals surface area contributed by atoms with Gasteiger partial charge in [0.25, 0.3) is 10.0 Å². The van der Waals surface area contributed by atoms with E-state index in [1.807, 2.05) is 6.92 Å². The van der Waals surface area contributed by atoms with Crippen molar-refractivity contribution in [2.45, 2.75) is 24.0 Å². The summed E-state index contributed by atoms with van der Waals surface area (Å²) in [6.45, 7) is 4.38. The van der Waals surface area contributed by atoms with Crippen LogP contribution in [0.4, 0.5) is 0 Å². The first-order valence-corrected chi connectivity index (χ1v) is 9.00. The largest absolute Gasteiger partial charge is 0.381 e. The lowest BCUT2D eigenvalue weighted by Crippen LogP contribution is -2.40. The summed E-state index contributed by atoms with van der Waals surface area (Å²) in [6, 6.07) is 3.20. The standard InChI is InChI=1S/C12H18ClNO3S2/c1-2-17-9-10-4-3-7-14(8-10)19(15,16)12-6-5-11(13)18-12/h5-6,10H,2-4,7-9H2,1H3. The van der Waals surface area contributed by atoms with E-state index in [0.717, 1.165) is 24.2 Å². The van der Waals surface area contributed by atoms with Gasteiger partial charge in [0.15, 0.2) is 0 Å². The van der Waals surface area contributed by atoms with Gasteiger partial charge >= 0.3 is 0 Å². The van der Waals surface area contributed by atoms with Crippen LogP contribution < -0.4 is 0 Å². The molecular formula is C12H18ClNO3S2. The number of nitrogens with zero attached hydrogens (tertiary/aromatic N) is 1. The minimum atomic E-state index is -3.39. The van der Waals surface area contributed by atoms with Gasteiger partial charge in [-0.3, -0.25) is 0 Å². The molecule has 0 aromatic carbocycles. The molecule has 0 N–H and O–H groups in total. The molecule has 1 saturated heterocycles. The van der Waals surface area contributed by atoms with Crippen LogP contribution in [0.5, 0.6) is 0 Å². The second kappa shape index (κ2) is 6.54. The van der Waals surface area contributed by atoms with E-state index in [4.69, 9.17) is 16.3 Å². The Morgan fingerprint density at radius 1 is 1.53 bits per heavy atom. The van der Waals surface area contributed by atoms with E-state index < -0.39 is 10.0 Å². The SMILES string of the molecule is CCOCC1CCCN(S(=O)(=O)c2ccc(Cl)s2)C1. The number of piperidine rings is 1. The van der Waals surface area contributed by atoms with Gasteiger partial charge in [0.2, 0.25) is 0 Å². The van der Waals surface area contributed by atoms with Crippen LogP contribution in [0.2, 0.25) is 4.34 Å². The van der Waals surface area contributed by atoms with E-state index in [1.165, 1.54) is 0 Å². The van der Waals surface area contributed by atoms with Crippen molar-refractivity contribution < 1.29 is 13.2 Å². The third-order valence-electron chi connectivity index (χ3n) is 3.18. The predicted molar refractivity (Wildman–Crippen MR) is 77.3 cm³/mol. The molecule has 0 aliphatic carbocycles. The van der Waals surface area contributed by atoms with Gasteiger partial charge < -0.3 is 4.74 Å². The molecule has 4 nitrogen and oxygen atoms in total. The van der Waals surface area contributed by atoms with Crippen molar-refractivity contribution in [3.05, 3.63) is 16.5 Å². The third-order valence-corrected chi connectivity index (χ3v) is 6.75. The zero-order chi connectivity index (χ0) is 13.9. The van der Waals surface area contributed by atoms with Crippen LogP contribution in [-0.2, 0) is 14.8 Å². The molecule has 1 atom stereocenters. The van der Waals surface area contributed by atoms with Gasteiger partial charge in [0.1, 0.15) is 4.21 Å². The zero-order valence-electron chi connectivity index (χ0n) is 10.8. The highest BCUT2D eigenvalue weighted by Crippen LogP contribution is 2.30. The van der Waals surface area contributed by atoms with Crippen LogP contribution in [0.15, 0.2) is 16.3 Å². The summed E-state index contributed by atoms with van der Waals surface area (Å²) in [4.78, 5) is 0. The number of halogens is 1. The maximum Gasteiger partial charge on any atom is 0.252 e. The first kappa shape index (κ1) is 15.3. The van der Waals surface area contributed by atoms with Crippen molar-refractivity contribution >= 4 is 33.0 Å². The zero-order valence-corrected chi connectivity index (χ0v) is 13.2. The normalized spacial score (nSPS) is 21.7. The molecule has 0 bridgehead atoms. The summed E-state index contributed by atoms with van der Waals surface area (Å²) in [5.41, 5.74) is 0. The quantitative estimate of drug-likeness (QED) is 0.837. The molecule has 0 spiro atoms. The smallest absolute Gasteiger partial charge is 0.252 e. The summed E-state index contributed by atoms with van der Waals surface area (Å²) in [5.74, 6) is 0.291. The van der Waals surface area contributed by atoms with Gasteiger partial charge in [-0.2, -0.15) is 4.31 Å². The number of ether oxygens (including phenoxy) is 1. The summed E-state index contributed by atoms with van der Waals surface area (Å²) in [5, 5.41) is 0. The van der Waals surface area contributed by atoms with Crippen molar-refractivity contribution in [2.75, 3.05) is 26.3 Å². The van der Waals surface area contributed by atoms with Crippen molar-refractivity contribution in [3.63, 3.8) is 0 Å². The molecule has 1 aromatic heterocycles. The highest BCUT2D eigenvalue weighted by Gasteiger charge is 2.31. The van der Waals surface area contributed by atoms with Gasteiger partial charge in [-0.05, 0) is 37.8 Å². The minimum absolute atomic E-state index is 0.291. The van der Waals surface area contributed by atoms with E-state index in [9.17, 15) is 8.42 Å². The number of thiophene rings is 1. The molecule has 1 aliphatic heterocycles. The lowest BCUT2D eigenvalue weighted by Gasteiger charge is -2.31. The molecule has 2 rings (SSSR count). The van der Waals surface area contributed by atoms with Gasteiger partial charge in [-0.15, -0.1) is 11.3 Å². The molecule has 1 aliphatic rings. The fourth-order valence-corrected chi connectivity index (χ4v) is 5.42. The van der Waals surface area contributed by atoms with E-state index in [1.54, 1.807) is 16.4 Å². The number of rotatable bonds is 5. The first-order valence-electron chi connectivity index (χ1n) is 6.37. The molecule has 0 radical (unpaired) electrons. The van der Waals surface area contributed by atoms with Gasteiger partial charge in [-0.1, -0.05) is 11.6 Å². The van der Waals surface area contributed by atoms with E-state index in [2.05, 4.69) is 0 Å². The lowest BCUT2D eigenvalue weighted by atomic mass is 10.0. The van der Waals surface area contributed by atoms with Crippen molar-refractivity contribution in [1.82, 2.24) is 4.31 Å². The van der Waals surface area contributed by atoms with Crippen LogP contribution >= 0.6 is 22.9 Å². The Bertz CT molecular complexity index is 515. The fourth-order valence-electron chi connectivity index (χ4n) is 2.23. The summed E-state index contributed by atoms with van der Waals surface area (Å²) < 4.78 is 32.7. The molecule has 7 heteroatoms. The Kier molecular flexibility index (Phi) is 5.25. The molecule has 0 saturated carbocycles. The second-order valence-corrected chi connectivity index (χ2v) is 8.47. The van der Waals surface area contributed by atoms with Gasteiger partial charge in [0, 0.05) is 19.7 Å². The number of hydrogen-bond acceptors (Lipinski definition) is 4. The molecule has 1 unspecified atom stereocenters. The first-order chi connectivity index (χ1) is 9.04. The number of hydrogen-bond donors (Lipinski definition) is 0. The van der Waals surface area contributed by atoms with Crippen molar-refractivity contribution in [3.8, 4) is 0 Å². The van der Waals surface area contributed by atoms with E-state index >= 15 is 0 Å². The average molecular weight is 324 g/mol. The Morgan fingerprint density at radius 3 is 2.95 bits per heavy atom. The Labute approximate surface area is 123 Å². The van der Waals surface area contributed by atoms with Crippen LogP contribution in [0.1, 0.15) is 19.8 Å². The van der Waals surface area contributed by atoms with E-state index in [0.29, 0.717) is 40.8 Å². The highest BCUT2D eigenvalue weighted by atomic mass is 35.5. The molecule has 2 heterocycles. The average Bonchev–Trinajstić information content (AvgIpc) is 2.84. The Morgan fingerprint density at radius 2 is 2.32 bits per heavy atom. The van der Waals surface area contributed by atoms with Crippen LogP contribution in [0.25, 0.3) is 0 Å². The summed E-state index contributed by atoms with van der Waals surface area (Å²) in [7, 11) is -3.39. The maximum atomic E-state index is 12.5. The summed E-state index contributed by atoms with van der Waals surface area (Å²) >= 11 is 6.93. The van der Waals surface area contributed by atoms with Crippen molar-refractivity contribution in [2.24, 2.45) is 5.92 Å². The van der Waals surface area contributed by atoms with Gasteiger partial charge in [-0.25, -0.2) is 8.42 Å². The second-order valence-electron chi connectivity index (χ2n) is 4.59. The number of sulfonamides is 1. The molecule has 0 amide bonds. The molecule has 19 heavy (non-hydrogen) atoms. The summed E-state index contributed by atoms with van der Waals surface area (Å²) in [6.07, 6.45) is 1.91. The van der Waals surface area contributed by atoms with Crippen molar-refractivity contribution in [1.29, 1.82) is 0 Å². The lowest BCUT2D eigenvalue weighted by molar-refractivity contribution is 0.0864. The molecular weight excluding hydrogens is 306 g/mol. The highest BCUT2D eigenvalue weighted by molar-refractivity contribution is 7.91. The topological polar surface area (TPSA) is 46.6 Å². The maximum absolute atomic E-state index is 12.5. The monoisotopic (exact) mass is 323 g/mol. The Hall–Kier alpha value is -0.140. The fraction of sp³-hybridized carbons (Fsp3) is 0.667. The predicted octanol–water partition coefficient (Wildman–Crippen LogP) is 2.84. The molecule has 1 fully saturated rings. The van der Waals surface area contributed by atoms with Crippen LogP contribution in [-0.4, -0.2) is 39.0 Å². The Balaban J connectivity index is 2.08. The van der Waals surface area contributed by atoms with Crippen LogP contribution in [0.3, 0.4) is 0 Å². The molecule has 1 aromatic rings. The minimum Gasteiger partial charge on any atom is -0.381 e.